The molecule has 0 spiro atoms. The van der Waals surface area contributed by atoms with E-state index in [1.54, 1.807) is 6.07 Å². The first-order valence-corrected chi connectivity index (χ1v) is 4.44. The second-order valence-corrected chi connectivity index (χ2v) is 3.58. The zero-order valence-corrected chi connectivity index (χ0v) is 7.60. The topological polar surface area (TPSA) is 38.0 Å². The first kappa shape index (κ1) is 8.51. The molecule has 2 rings (SSSR count). The Morgan fingerprint density at radius 1 is 1.46 bits per heavy atom. The van der Waals surface area contributed by atoms with Crippen LogP contribution in [-0.2, 0) is 0 Å². The maximum absolute atomic E-state index is 13.1. The monoisotopic (exact) mass is 180 g/mol. The van der Waals surface area contributed by atoms with Crippen LogP contribution in [0.4, 0.5) is 10.1 Å². The van der Waals surface area contributed by atoms with Crippen molar-refractivity contribution in [3.05, 3.63) is 29.1 Å². The molecule has 1 aliphatic rings. The molecular formula is C10H13FN2. The standard InChI is InChI=1S/C10H13FN2/c1-6-2-8(11)3-9(10(6)12)7-4-13-5-7/h2-3,7,13H,4-5,12H2,1H3. The fourth-order valence-electron chi connectivity index (χ4n) is 1.63. The van der Waals surface area contributed by atoms with Gasteiger partial charge in [0.1, 0.15) is 5.82 Å². The molecule has 1 aliphatic heterocycles. The van der Waals surface area contributed by atoms with Crippen LogP contribution in [0.3, 0.4) is 0 Å². The van der Waals surface area contributed by atoms with Crippen molar-refractivity contribution in [1.82, 2.24) is 5.32 Å². The summed E-state index contributed by atoms with van der Waals surface area (Å²) in [7, 11) is 0. The van der Waals surface area contributed by atoms with Gasteiger partial charge in [-0.05, 0) is 30.2 Å². The quantitative estimate of drug-likeness (QED) is 0.641. The highest BCUT2D eigenvalue weighted by Gasteiger charge is 2.22. The van der Waals surface area contributed by atoms with Gasteiger partial charge in [0.15, 0.2) is 0 Å². The summed E-state index contributed by atoms with van der Waals surface area (Å²) in [4.78, 5) is 0. The summed E-state index contributed by atoms with van der Waals surface area (Å²) in [5.74, 6) is 0.211. The van der Waals surface area contributed by atoms with E-state index in [9.17, 15) is 4.39 Å². The fraction of sp³-hybridized carbons (Fsp3) is 0.400. The SMILES string of the molecule is Cc1cc(F)cc(C2CNC2)c1N. The Hall–Kier alpha value is -1.09. The third-order valence-corrected chi connectivity index (χ3v) is 2.60. The molecule has 3 N–H and O–H groups in total. The van der Waals surface area contributed by atoms with Crippen LogP contribution < -0.4 is 11.1 Å². The van der Waals surface area contributed by atoms with E-state index < -0.39 is 0 Å². The van der Waals surface area contributed by atoms with Gasteiger partial charge in [-0.2, -0.15) is 0 Å². The van der Waals surface area contributed by atoms with Crippen molar-refractivity contribution < 1.29 is 4.39 Å². The lowest BCUT2D eigenvalue weighted by Gasteiger charge is -2.29. The van der Waals surface area contributed by atoms with Crippen LogP contribution in [0, 0.1) is 12.7 Å². The average molecular weight is 180 g/mol. The Labute approximate surface area is 76.9 Å². The molecule has 1 saturated heterocycles. The highest BCUT2D eigenvalue weighted by Crippen LogP contribution is 2.28. The molecular weight excluding hydrogens is 167 g/mol. The Kier molecular flexibility index (Phi) is 1.96. The number of halogens is 1. The lowest BCUT2D eigenvalue weighted by atomic mass is 9.91. The van der Waals surface area contributed by atoms with Crippen LogP contribution in [0.5, 0.6) is 0 Å². The summed E-state index contributed by atoms with van der Waals surface area (Å²) in [6.07, 6.45) is 0. The molecule has 2 nitrogen and oxygen atoms in total. The summed E-state index contributed by atoms with van der Waals surface area (Å²) in [6, 6.07) is 3.03. The van der Waals surface area contributed by atoms with Gasteiger partial charge in [0.05, 0.1) is 0 Å². The van der Waals surface area contributed by atoms with Crippen molar-refractivity contribution in [1.29, 1.82) is 0 Å². The van der Waals surface area contributed by atoms with Crippen LogP contribution in [0.25, 0.3) is 0 Å². The Bertz CT molecular complexity index is 332. The predicted octanol–water partition coefficient (Wildman–Crippen LogP) is 1.40. The van der Waals surface area contributed by atoms with E-state index >= 15 is 0 Å². The van der Waals surface area contributed by atoms with Gasteiger partial charge in [-0.1, -0.05) is 0 Å². The summed E-state index contributed by atoms with van der Waals surface area (Å²) in [6.45, 7) is 3.66. The van der Waals surface area contributed by atoms with Gasteiger partial charge in [0.2, 0.25) is 0 Å². The van der Waals surface area contributed by atoms with Crippen LogP contribution in [0.1, 0.15) is 17.0 Å². The first-order valence-electron chi connectivity index (χ1n) is 4.44. The van der Waals surface area contributed by atoms with Crippen molar-refractivity contribution in [2.75, 3.05) is 18.8 Å². The Morgan fingerprint density at radius 2 is 2.15 bits per heavy atom. The number of hydrogen-bond donors (Lipinski definition) is 2. The van der Waals surface area contributed by atoms with Crippen molar-refractivity contribution >= 4 is 5.69 Å². The van der Waals surface area contributed by atoms with Crippen LogP contribution in [0.2, 0.25) is 0 Å². The van der Waals surface area contributed by atoms with Gasteiger partial charge in [-0.3, -0.25) is 0 Å². The molecule has 1 fully saturated rings. The lowest BCUT2D eigenvalue weighted by Crippen LogP contribution is -2.40. The molecule has 0 bridgehead atoms. The van der Waals surface area contributed by atoms with Crippen molar-refractivity contribution in [2.24, 2.45) is 0 Å². The zero-order valence-electron chi connectivity index (χ0n) is 7.60. The largest absolute Gasteiger partial charge is 0.398 e. The van der Waals surface area contributed by atoms with E-state index in [1.807, 2.05) is 6.92 Å². The number of rotatable bonds is 1. The summed E-state index contributed by atoms with van der Waals surface area (Å²) < 4.78 is 13.1. The molecule has 0 aromatic heterocycles. The highest BCUT2D eigenvalue weighted by molar-refractivity contribution is 5.55. The Balaban J connectivity index is 2.42. The minimum Gasteiger partial charge on any atom is -0.398 e. The maximum Gasteiger partial charge on any atom is 0.123 e. The molecule has 0 aliphatic carbocycles. The summed E-state index contributed by atoms with van der Waals surface area (Å²) in [5.41, 5.74) is 8.40. The molecule has 1 heterocycles. The highest BCUT2D eigenvalue weighted by atomic mass is 19.1. The van der Waals surface area contributed by atoms with E-state index in [0.717, 1.165) is 29.9 Å². The van der Waals surface area contributed by atoms with Crippen molar-refractivity contribution in [3.8, 4) is 0 Å². The number of benzene rings is 1. The summed E-state index contributed by atoms with van der Waals surface area (Å²) >= 11 is 0. The number of aryl methyl sites for hydroxylation is 1. The first-order chi connectivity index (χ1) is 6.18. The Morgan fingerprint density at radius 3 is 2.69 bits per heavy atom. The lowest BCUT2D eigenvalue weighted by molar-refractivity contribution is 0.447. The van der Waals surface area contributed by atoms with Crippen molar-refractivity contribution in [2.45, 2.75) is 12.8 Å². The van der Waals surface area contributed by atoms with Gasteiger partial charge in [-0.25, -0.2) is 4.39 Å². The third kappa shape index (κ3) is 1.40. The number of nitrogen functional groups attached to an aromatic ring is 1. The molecule has 0 amide bonds. The molecule has 1 aromatic rings. The zero-order chi connectivity index (χ0) is 9.42. The second kappa shape index (κ2) is 3.00. The molecule has 3 heteroatoms. The number of anilines is 1. The van der Waals surface area contributed by atoms with Gasteiger partial charge < -0.3 is 11.1 Å². The van der Waals surface area contributed by atoms with Crippen molar-refractivity contribution in [3.63, 3.8) is 0 Å². The summed E-state index contributed by atoms with van der Waals surface area (Å²) in [5, 5.41) is 3.15. The molecule has 13 heavy (non-hydrogen) atoms. The average Bonchev–Trinajstić information content (AvgIpc) is 1.95. The van der Waals surface area contributed by atoms with Crippen LogP contribution >= 0.6 is 0 Å². The van der Waals surface area contributed by atoms with E-state index in [-0.39, 0.29) is 5.82 Å². The molecule has 70 valence electrons. The molecule has 0 unspecified atom stereocenters. The van der Waals surface area contributed by atoms with Gasteiger partial charge in [0.25, 0.3) is 0 Å². The molecule has 0 atom stereocenters. The van der Waals surface area contributed by atoms with E-state index in [4.69, 9.17) is 5.73 Å². The van der Waals surface area contributed by atoms with Crippen LogP contribution in [0.15, 0.2) is 12.1 Å². The predicted molar refractivity (Wildman–Crippen MR) is 51.2 cm³/mol. The molecule has 0 radical (unpaired) electrons. The smallest absolute Gasteiger partial charge is 0.123 e. The number of hydrogen-bond acceptors (Lipinski definition) is 2. The number of nitrogens with two attached hydrogens (primary N) is 1. The maximum atomic E-state index is 13.1. The second-order valence-electron chi connectivity index (χ2n) is 3.58. The van der Waals surface area contributed by atoms with Crippen LogP contribution in [-0.4, -0.2) is 13.1 Å². The number of nitrogens with one attached hydrogen (secondary N) is 1. The van der Waals surface area contributed by atoms with E-state index in [0.29, 0.717) is 5.92 Å². The van der Waals surface area contributed by atoms with E-state index in [2.05, 4.69) is 5.32 Å². The van der Waals surface area contributed by atoms with Gasteiger partial charge in [-0.15, -0.1) is 0 Å². The van der Waals surface area contributed by atoms with Gasteiger partial charge >= 0.3 is 0 Å². The third-order valence-electron chi connectivity index (χ3n) is 2.60. The van der Waals surface area contributed by atoms with E-state index in [1.165, 1.54) is 6.07 Å². The molecule has 0 saturated carbocycles. The fourth-order valence-corrected chi connectivity index (χ4v) is 1.63. The minimum absolute atomic E-state index is 0.186. The van der Waals surface area contributed by atoms with Gasteiger partial charge in [0, 0.05) is 24.7 Å². The molecule has 1 aromatic carbocycles. The minimum atomic E-state index is -0.186. The normalized spacial score (nSPS) is 17.1.